The molecule has 0 radical (unpaired) electrons. The first-order valence-corrected chi connectivity index (χ1v) is 20.8. The summed E-state index contributed by atoms with van der Waals surface area (Å²) >= 11 is 0. The van der Waals surface area contributed by atoms with Crippen LogP contribution in [0.2, 0.25) is 36.3 Å². The Labute approximate surface area is 256 Å². The summed E-state index contributed by atoms with van der Waals surface area (Å²) in [7, 11) is -5.04. The number of ether oxygens (including phenoxy) is 2. The molecule has 2 aromatic rings. The Morgan fingerprint density at radius 2 is 1.77 bits per heavy atom. The zero-order chi connectivity index (χ0) is 32.9. The summed E-state index contributed by atoms with van der Waals surface area (Å²) in [5.41, 5.74) is 5.33. The Morgan fingerprint density at radius 1 is 1.19 bits per heavy atom. The van der Waals surface area contributed by atoms with Gasteiger partial charge in [0.2, 0.25) is 0 Å². The third kappa shape index (κ3) is 6.38. The van der Waals surface area contributed by atoms with E-state index in [2.05, 4.69) is 72.7 Å². The van der Waals surface area contributed by atoms with Gasteiger partial charge in [-0.3, -0.25) is 14.7 Å². The van der Waals surface area contributed by atoms with Crippen molar-refractivity contribution in [2.24, 2.45) is 0 Å². The molecule has 13 heteroatoms. The molecule has 240 valence electrons. The summed E-state index contributed by atoms with van der Waals surface area (Å²) in [6, 6.07) is 6.34. The third-order valence-corrected chi connectivity index (χ3v) is 22.7. The largest absolute Gasteiger partial charge is 0.394 e. The van der Waals surface area contributed by atoms with Crippen molar-refractivity contribution >= 4 is 27.7 Å². The van der Waals surface area contributed by atoms with Crippen LogP contribution in [-0.4, -0.2) is 57.9 Å². The second kappa shape index (κ2) is 11.8. The minimum absolute atomic E-state index is 0.0217. The number of anilines is 1. The average Bonchev–Trinajstić information content (AvgIpc) is 3.24. The van der Waals surface area contributed by atoms with Crippen molar-refractivity contribution in [1.29, 1.82) is 0 Å². The molecule has 0 amide bonds. The molecule has 1 aromatic heterocycles. The number of nitrogen functional groups attached to an aromatic ring is 1. The van der Waals surface area contributed by atoms with E-state index in [1.807, 2.05) is 0 Å². The maximum Gasteiger partial charge on any atom is 0.351 e. The number of aliphatic hydroxyl groups is 2. The molecule has 4 N–H and O–H groups in total. The number of aliphatic hydroxyl groups excluding tert-OH is 1. The normalized spacial score (nSPS) is 23.3. The van der Waals surface area contributed by atoms with Crippen LogP contribution in [0.1, 0.15) is 78.3 Å². The topological polar surface area (TPSA) is 163 Å². The van der Waals surface area contributed by atoms with Gasteiger partial charge in [-0.2, -0.15) is 4.98 Å². The van der Waals surface area contributed by atoms with Crippen LogP contribution in [0.15, 0.2) is 35.3 Å². The molecular weight excluding hydrogens is 585 g/mol. The van der Waals surface area contributed by atoms with Gasteiger partial charge in [-0.1, -0.05) is 79.9 Å². The first kappa shape index (κ1) is 35.1. The molecule has 1 aliphatic heterocycles. The maximum atomic E-state index is 13.2. The summed E-state index contributed by atoms with van der Waals surface area (Å²) in [5.74, 6) is -0.0217. The van der Waals surface area contributed by atoms with Gasteiger partial charge in [0.25, 0.3) is 5.69 Å². The van der Waals surface area contributed by atoms with Crippen molar-refractivity contribution in [3.8, 4) is 0 Å². The van der Waals surface area contributed by atoms with E-state index in [0.717, 1.165) is 0 Å². The van der Waals surface area contributed by atoms with Crippen LogP contribution in [0.5, 0.6) is 0 Å². The van der Waals surface area contributed by atoms with Crippen molar-refractivity contribution in [2.75, 3.05) is 5.73 Å². The first-order valence-electron chi connectivity index (χ1n) is 14.8. The van der Waals surface area contributed by atoms with E-state index in [4.69, 9.17) is 15.2 Å². The van der Waals surface area contributed by atoms with E-state index in [0.29, 0.717) is 11.1 Å². The predicted molar refractivity (Wildman–Crippen MR) is 173 cm³/mol. The number of hydrogen-bond donors (Lipinski definition) is 3. The summed E-state index contributed by atoms with van der Waals surface area (Å²) in [6.07, 6.45) is -0.804. The monoisotopic (exact) mass is 634 g/mol. The maximum absolute atomic E-state index is 13.2. The Bertz CT molecular complexity index is 1400. The lowest BCUT2D eigenvalue weighted by Gasteiger charge is -2.52. The minimum atomic E-state index is -2.61. The van der Waals surface area contributed by atoms with Crippen LogP contribution in [0, 0.1) is 10.1 Å². The molecule has 0 aliphatic carbocycles. The highest BCUT2D eigenvalue weighted by atomic mass is 28.3. The Balaban J connectivity index is 2.02. The zero-order valence-electron chi connectivity index (χ0n) is 27.5. The van der Waals surface area contributed by atoms with Crippen LogP contribution in [0.4, 0.5) is 11.5 Å². The van der Waals surface area contributed by atoms with Gasteiger partial charge in [-0.25, -0.2) is 4.79 Å². The zero-order valence-corrected chi connectivity index (χ0v) is 29.5. The highest BCUT2D eigenvalue weighted by Crippen LogP contribution is 2.54. The Morgan fingerprint density at radius 3 is 2.30 bits per heavy atom. The van der Waals surface area contributed by atoms with Crippen LogP contribution in [0.3, 0.4) is 0 Å². The lowest BCUT2D eigenvalue weighted by molar-refractivity contribution is -0.386. The molecule has 2 heterocycles. The van der Waals surface area contributed by atoms with Crippen molar-refractivity contribution in [2.45, 2.75) is 127 Å². The minimum Gasteiger partial charge on any atom is -0.394 e. The van der Waals surface area contributed by atoms with Crippen LogP contribution in [0.25, 0.3) is 0 Å². The molecule has 1 aromatic carbocycles. The molecule has 5 atom stereocenters. The van der Waals surface area contributed by atoms with Crippen molar-refractivity contribution in [3.05, 3.63) is 62.2 Å². The van der Waals surface area contributed by atoms with Gasteiger partial charge in [0.05, 0.1) is 50.3 Å². The number of nitrogens with two attached hydrogens (primary N) is 1. The Hall–Kier alpha value is -2.43. The van der Waals surface area contributed by atoms with E-state index >= 15 is 0 Å². The van der Waals surface area contributed by atoms with E-state index < -0.39 is 56.1 Å². The average molecular weight is 635 g/mol. The van der Waals surface area contributed by atoms with Crippen molar-refractivity contribution < 1.29 is 24.6 Å². The smallest absolute Gasteiger partial charge is 0.351 e. The first-order chi connectivity index (χ1) is 19.5. The lowest BCUT2D eigenvalue weighted by atomic mass is 10.1. The number of rotatable bonds is 9. The number of nitrogens with zero attached hydrogens (tertiary/aromatic N) is 3. The molecule has 1 fully saturated rings. The van der Waals surface area contributed by atoms with Crippen LogP contribution >= 0.6 is 0 Å². The molecule has 1 saturated heterocycles. The molecule has 3 rings (SSSR count). The SMILES string of the molecule is CC(OCc1cn([C@H]2C[C@@](O)([Si](C)(C)C(C)(C)C)[C@@H](C(O)[Si](C)(C)C(C)(C)C)O2)c(=O)nc1N)c1ccccc1[N+](=O)[O-]. The highest BCUT2D eigenvalue weighted by molar-refractivity contribution is 6.84. The van der Waals surface area contributed by atoms with Gasteiger partial charge in [0.15, 0.2) is 0 Å². The molecule has 0 bridgehead atoms. The lowest BCUT2D eigenvalue weighted by Crippen LogP contribution is -2.69. The Kier molecular flexibility index (Phi) is 9.64. The number of nitro groups is 1. The molecule has 2 unspecified atom stereocenters. The molecule has 43 heavy (non-hydrogen) atoms. The number of benzene rings is 1. The number of hydrogen-bond acceptors (Lipinski definition) is 9. The van der Waals surface area contributed by atoms with Gasteiger partial charge in [-0.15, -0.1) is 0 Å². The standard InChI is InChI=1S/C30H50N4O7Si2/c1-19(21-14-12-13-15-22(21)34(38)39)40-18-20-17-33(27(36)32-25(20)31)23-16-30(37,43(10,11)29(5,6)7)24(41-23)26(35)42(8,9)28(2,3)4/h12-15,17,19,23-24,26,35,37H,16,18H2,1-11H3,(H2,31,32,36)/t19?,23-,24-,26?,30-/m1/s1. The summed E-state index contributed by atoms with van der Waals surface area (Å²) in [5, 5.41) is 34.2. The molecule has 0 saturated carbocycles. The van der Waals surface area contributed by atoms with E-state index in [-0.39, 0.29) is 34.6 Å². The van der Waals surface area contributed by atoms with Crippen molar-refractivity contribution in [3.63, 3.8) is 0 Å². The quantitative estimate of drug-likeness (QED) is 0.184. The number of para-hydroxylation sites is 1. The summed E-state index contributed by atoms with van der Waals surface area (Å²) < 4.78 is 13.8. The van der Waals surface area contributed by atoms with Gasteiger partial charge in [-0.05, 0) is 23.1 Å². The third-order valence-electron chi connectivity index (χ3n) is 10.6. The number of aromatic nitrogens is 2. The predicted octanol–water partition coefficient (Wildman–Crippen LogP) is 5.49. The van der Waals surface area contributed by atoms with Gasteiger partial charge < -0.3 is 25.4 Å². The van der Waals surface area contributed by atoms with Gasteiger partial charge in [0.1, 0.15) is 18.1 Å². The molecule has 1 aliphatic rings. The van der Waals surface area contributed by atoms with E-state index in [1.54, 1.807) is 25.1 Å². The molecular formula is C30H50N4O7Si2. The second-order valence-corrected chi connectivity index (χ2v) is 26.2. The fourth-order valence-electron chi connectivity index (χ4n) is 5.44. The fraction of sp³-hybridized carbons (Fsp3) is 0.667. The van der Waals surface area contributed by atoms with Gasteiger partial charge in [0, 0.05) is 24.2 Å². The van der Waals surface area contributed by atoms with E-state index in [9.17, 15) is 25.1 Å². The molecule has 0 spiro atoms. The fourth-order valence-corrected chi connectivity index (χ4v) is 10.5. The van der Waals surface area contributed by atoms with Crippen LogP contribution < -0.4 is 11.4 Å². The van der Waals surface area contributed by atoms with Crippen LogP contribution in [-0.2, 0) is 16.1 Å². The molecule has 11 nitrogen and oxygen atoms in total. The van der Waals surface area contributed by atoms with Gasteiger partial charge >= 0.3 is 5.69 Å². The summed E-state index contributed by atoms with van der Waals surface area (Å²) in [6.45, 7) is 22.7. The summed E-state index contributed by atoms with van der Waals surface area (Å²) in [4.78, 5) is 28.3. The second-order valence-electron chi connectivity index (χ2n) is 15.0. The van der Waals surface area contributed by atoms with E-state index in [1.165, 1.54) is 16.8 Å². The van der Waals surface area contributed by atoms with Crippen molar-refractivity contribution in [1.82, 2.24) is 9.55 Å². The highest BCUT2D eigenvalue weighted by Gasteiger charge is 2.65. The number of nitro benzene ring substituents is 1.